The number of aryl methyl sites for hydroxylation is 2. The van der Waals surface area contributed by atoms with Crippen molar-refractivity contribution in [1.82, 2.24) is 4.90 Å². The zero-order chi connectivity index (χ0) is 16.7. The van der Waals surface area contributed by atoms with E-state index < -0.39 is 0 Å². The number of carbonyl (C=O) groups excluding carboxylic acids is 1. The van der Waals surface area contributed by atoms with Crippen LogP contribution in [0.4, 0.5) is 5.69 Å². The van der Waals surface area contributed by atoms with Gasteiger partial charge in [0.25, 0.3) is 0 Å². The largest absolute Gasteiger partial charge is 0.326 e. The van der Waals surface area contributed by atoms with Crippen LogP contribution in [0.5, 0.6) is 0 Å². The summed E-state index contributed by atoms with van der Waals surface area (Å²) in [6, 6.07) is 16.4. The van der Waals surface area contributed by atoms with Crippen LogP contribution in [0.3, 0.4) is 0 Å². The molecule has 0 aliphatic rings. The molecular weight excluding hydrogens is 284 g/mol. The van der Waals surface area contributed by atoms with Gasteiger partial charge < -0.3 is 5.32 Å². The van der Waals surface area contributed by atoms with E-state index in [1.165, 1.54) is 16.7 Å². The minimum Gasteiger partial charge on any atom is -0.326 e. The Balaban J connectivity index is 1.83. The van der Waals surface area contributed by atoms with Gasteiger partial charge in [0, 0.05) is 25.2 Å². The zero-order valence-corrected chi connectivity index (χ0v) is 14.3. The van der Waals surface area contributed by atoms with Gasteiger partial charge in [-0.2, -0.15) is 0 Å². The van der Waals surface area contributed by atoms with Crippen molar-refractivity contribution < 1.29 is 4.79 Å². The van der Waals surface area contributed by atoms with Gasteiger partial charge in [-0.05, 0) is 49.2 Å². The number of benzene rings is 2. The predicted molar refractivity (Wildman–Crippen MR) is 96.6 cm³/mol. The molecule has 2 aromatic carbocycles. The Morgan fingerprint density at radius 3 is 2.43 bits per heavy atom. The van der Waals surface area contributed by atoms with Gasteiger partial charge in [-0.3, -0.25) is 9.69 Å². The molecule has 2 rings (SSSR count). The van der Waals surface area contributed by atoms with Crippen molar-refractivity contribution in [3.05, 3.63) is 65.2 Å². The lowest BCUT2D eigenvalue weighted by Crippen LogP contribution is -2.27. The first-order valence-electron chi connectivity index (χ1n) is 8.22. The van der Waals surface area contributed by atoms with Crippen molar-refractivity contribution in [2.75, 3.05) is 18.4 Å². The summed E-state index contributed by atoms with van der Waals surface area (Å²) < 4.78 is 0. The number of nitrogens with one attached hydrogen (secondary N) is 1. The Morgan fingerprint density at radius 2 is 1.78 bits per heavy atom. The lowest BCUT2D eigenvalue weighted by atomic mass is 10.1. The second-order valence-electron chi connectivity index (χ2n) is 5.95. The Labute approximate surface area is 139 Å². The van der Waals surface area contributed by atoms with Gasteiger partial charge in [-0.25, -0.2) is 0 Å². The van der Waals surface area contributed by atoms with Gasteiger partial charge in [-0.1, -0.05) is 43.3 Å². The maximum Gasteiger partial charge on any atom is 0.225 e. The predicted octanol–water partition coefficient (Wildman–Crippen LogP) is 4.15. The molecule has 0 aliphatic carbocycles. The molecular formula is C20H26N2O. The van der Waals surface area contributed by atoms with E-state index >= 15 is 0 Å². The van der Waals surface area contributed by atoms with E-state index in [1.54, 1.807) is 0 Å². The molecule has 0 saturated carbocycles. The summed E-state index contributed by atoms with van der Waals surface area (Å²) in [6.07, 6.45) is 0.508. The number of rotatable bonds is 7. The highest BCUT2D eigenvalue weighted by Gasteiger charge is 2.08. The summed E-state index contributed by atoms with van der Waals surface area (Å²) in [5.74, 6) is 0.0692. The Kier molecular flexibility index (Phi) is 6.36. The number of amides is 1. The third-order valence-electron chi connectivity index (χ3n) is 4.14. The molecule has 0 aliphatic heterocycles. The zero-order valence-electron chi connectivity index (χ0n) is 14.3. The van der Waals surface area contributed by atoms with Crippen molar-refractivity contribution in [3.8, 4) is 0 Å². The lowest BCUT2D eigenvalue weighted by Gasteiger charge is -2.20. The standard InChI is InChI=1S/C20H26N2O/c1-4-22(15-18-8-6-5-7-9-18)13-12-20(23)21-19-11-10-16(2)17(3)14-19/h5-11,14H,4,12-13,15H2,1-3H3,(H,21,23). The average molecular weight is 310 g/mol. The van der Waals surface area contributed by atoms with Gasteiger partial charge in [0.2, 0.25) is 5.91 Å². The lowest BCUT2D eigenvalue weighted by molar-refractivity contribution is -0.116. The highest BCUT2D eigenvalue weighted by atomic mass is 16.1. The average Bonchev–Trinajstić information content (AvgIpc) is 2.56. The van der Waals surface area contributed by atoms with E-state index in [1.807, 2.05) is 24.3 Å². The number of carbonyl (C=O) groups is 1. The molecule has 0 aromatic heterocycles. The van der Waals surface area contributed by atoms with Crippen LogP contribution in [0.2, 0.25) is 0 Å². The minimum absolute atomic E-state index is 0.0692. The van der Waals surface area contributed by atoms with E-state index in [-0.39, 0.29) is 5.91 Å². The fraction of sp³-hybridized carbons (Fsp3) is 0.350. The summed E-state index contributed by atoms with van der Waals surface area (Å²) in [5, 5.41) is 2.99. The molecule has 0 radical (unpaired) electrons. The van der Waals surface area contributed by atoms with Crippen molar-refractivity contribution in [2.45, 2.75) is 33.7 Å². The van der Waals surface area contributed by atoms with Crippen LogP contribution < -0.4 is 5.32 Å². The summed E-state index contributed by atoms with van der Waals surface area (Å²) in [7, 11) is 0. The second kappa shape index (κ2) is 8.49. The van der Waals surface area contributed by atoms with Crippen molar-refractivity contribution in [2.24, 2.45) is 0 Å². The molecule has 0 fully saturated rings. The highest BCUT2D eigenvalue weighted by molar-refractivity contribution is 5.90. The minimum atomic E-state index is 0.0692. The maximum atomic E-state index is 12.1. The summed E-state index contributed by atoms with van der Waals surface area (Å²) in [6.45, 7) is 8.85. The van der Waals surface area contributed by atoms with Crippen LogP contribution in [0.25, 0.3) is 0 Å². The van der Waals surface area contributed by atoms with E-state index in [9.17, 15) is 4.79 Å². The van der Waals surface area contributed by atoms with Gasteiger partial charge in [0.1, 0.15) is 0 Å². The van der Waals surface area contributed by atoms with Crippen LogP contribution in [0, 0.1) is 13.8 Å². The Hall–Kier alpha value is -2.13. The molecule has 0 heterocycles. The van der Waals surface area contributed by atoms with Gasteiger partial charge >= 0.3 is 0 Å². The molecule has 0 atom stereocenters. The Morgan fingerprint density at radius 1 is 1.04 bits per heavy atom. The smallest absolute Gasteiger partial charge is 0.225 e. The van der Waals surface area contributed by atoms with Crippen LogP contribution >= 0.6 is 0 Å². The molecule has 1 amide bonds. The number of anilines is 1. The fourth-order valence-electron chi connectivity index (χ4n) is 2.49. The van der Waals surface area contributed by atoms with Crippen LogP contribution in [-0.2, 0) is 11.3 Å². The van der Waals surface area contributed by atoms with E-state index in [0.717, 1.165) is 25.3 Å². The molecule has 122 valence electrons. The number of hydrogen-bond donors (Lipinski definition) is 1. The summed E-state index contributed by atoms with van der Waals surface area (Å²) in [4.78, 5) is 14.4. The first-order valence-corrected chi connectivity index (χ1v) is 8.22. The normalized spacial score (nSPS) is 10.8. The third kappa shape index (κ3) is 5.53. The Bertz CT molecular complexity index is 637. The first-order chi connectivity index (χ1) is 11.1. The topological polar surface area (TPSA) is 32.3 Å². The van der Waals surface area contributed by atoms with E-state index in [4.69, 9.17) is 0 Å². The van der Waals surface area contributed by atoms with Crippen LogP contribution in [0.15, 0.2) is 48.5 Å². The van der Waals surface area contributed by atoms with Gasteiger partial charge in [-0.15, -0.1) is 0 Å². The van der Waals surface area contributed by atoms with Gasteiger partial charge in [0.05, 0.1) is 0 Å². The molecule has 0 unspecified atom stereocenters. The first kappa shape index (κ1) is 17.2. The SMILES string of the molecule is CCN(CCC(=O)Nc1ccc(C)c(C)c1)Cc1ccccc1. The molecule has 3 heteroatoms. The molecule has 1 N–H and O–H groups in total. The van der Waals surface area contributed by atoms with Gasteiger partial charge in [0.15, 0.2) is 0 Å². The molecule has 0 bridgehead atoms. The molecule has 3 nitrogen and oxygen atoms in total. The van der Waals surface area contributed by atoms with E-state index in [2.05, 4.69) is 55.3 Å². The quantitative estimate of drug-likeness (QED) is 0.833. The second-order valence-corrected chi connectivity index (χ2v) is 5.95. The molecule has 0 spiro atoms. The van der Waals surface area contributed by atoms with Crippen molar-refractivity contribution in [1.29, 1.82) is 0 Å². The van der Waals surface area contributed by atoms with Crippen LogP contribution in [-0.4, -0.2) is 23.9 Å². The highest BCUT2D eigenvalue weighted by Crippen LogP contribution is 2.14. The molecule has 0 saturated heterocycles. The van der Waals surface area contributed by atoms with Crippen molar-refractivity contribution >= 4 is 11.6 Å². The third-order valence-corrected chi connectivity index (χ3v) is 4.14. The summed E-state index contributed by atoms with van der Waals surface area (Å²) >= 11 is 0. The molecule has 2 aromatic rings. The summed E-state index contributed by atoms with van der Waals surface area (Å²) in [5.41, 5.74) is 4.60. The number of hydrogen-bond acceptors (Lipinski definition) is 2. The fourth-order valence-corrected chi connectivity index (χ4v) is 2.49. The van der Waals surface area contributed by atoms with Crippen molar-refractivity contribution in [3.63, 3.8) is 0 Å². The number of nitrogens with zero attached hydrogens (tertiary/aromatic N) is 1. The van der Waals surface area contributed by atoms with E-state index in [0.29, 0.717) is 6.42 Å². The monoisotopic (exact) mass is 310 g/mol. The maximum absolute atomic E-state index is 12.1. The van der Waals surface area contributed by atoms with Crippen LogP contribution in [0.1, 0.15) is 30.0 Å². The molecule has 23 heavy (non-hydrogen) atoms.